The van der Waals surface area contributed by atoms with Crippen molar-refractivity contribution in [2.75, 3.05) is 0 Å². The Morgan fingerprint density at radius 3 is 2.00 bits per heavy atom. The van der Waals surface area contributed by atoms with Gasteiger partial charge in [0.2, 0.25) is 0 Å². The van der Waals surface area contributed by atoms with E-state index in [0.717, 1.165) is 31.6 Å². The van der Waals surface area contributed by atoms with Gasteiger partial charge >= 0.3 is 5.97 Å². The van der Waals surface area contributed by atoms with E-state index in [4.69, 9.17) is 4.74 Å². The number of rotatable bonds is 4. The number of hydrogen-bond acceptors (Lipinski definition) is 2. The number of ether oxygens (including phenoxy) is 1. The summed E-state index contributed by atoms with van der Waals surface area (Å²) in [6.07, 6.45) is 5.66. The predicted molar refractivity (Wildman–Crippen MR) is 84.5 cm³/mol. The van der Waals surface area contributed by atoms with E-state index in [1.54, 1.807) is 6.92 Å². The normalized spacial score (nSPS) is 24.3. The van der Waals surface area contributed by atoms with Crippen LogP contribution in [0.5, 0.6) is 0 Å². The monoisotopic (exact) mass is 280 g/mol. The first kappa shape index (κ1) is 17.3. The van der Waals surface area contributed by atoms with Crippen molar-refractivity contribution in [3.8, 4) is 0 Å². The molecule has 0 aliphatic heterocycles. The molecule has 0 spiro atoms. The third-order valence-corrected chi connectivity index (χ3v) is 4.39. The first-order valence-electron chi connectivity index (χ1n) is 7.88. The highest BCUT2D eigenvalue weighted by Crippen LogP contribution is 2.45. The molecule has 0 bridgehead atoms. The Labute approximate surface area is 125 Å². The molecule has 0 heterocycles. The maximum atomic E-state index is 11.6. The molecular weight excluding hydrogens is 248 g/mol. The summed E-state index contributed by atoms with van der Waals surface area (Å²) in [5.41, 5.74) is 1.23. The molecule has 1 fully saturated rings. The van der Waals surface area contributed by atoms with Crippen LogP contribution in [-0.4, -0.2) is 12.1 Å². The largest absolute Gasteiger partial charge is 0.459 e. The SMILES string of the molecule is C=C(C)C(=O)OC1CCC(C(C)(C)CC(C)(C)C)CC1. The summed E-state index contributed by atoms with van der Waals surface area (Å²) in [5.74, 6) is 0.504. The van der Waals surface area contributed by atoms with Crippen molar-refractivity contribution in [3.05, 3.63) is 12.2 Å². The fraction of sp³-hybridized carbons (Fsp3) is 0.833. The second-order valence-electron chi connectivity index (χ2n) is 8.39. The van der Waals surface area contributed by atoms with E-state index in [9.17, 15) is 4.79 Å². The van der Waals surface area contributed by atoms with Crippen LogP contribution < -0.4 is 0 Å². The van der Waals surface area contributed by atoms with E-state index in [0.29, 0.717) is 16.4 Å². The lowest BCUT2D eigenvalue weighted by Crippen LogP contribution is -2.34. The Balaban J connectivity index is 2.49. The van der Waals surface area contributed by atoms with Crippen LogP contribution >= 0.6 is 0 Å². The minimum Gasteiger partial charge on any atom is -0.459 e. The highest BCUT2D eigenvalue weighted by molar-refractivity contribution is 5.87. The molecule has 1 aliphatic carbocycles. The van der Waals surface area contributed by atoms with Gasteiger partial charge in [-0.1, -0.05) is 41.2 Å². The highest BCUT2D eigenvalue weighted by Gasteiger charge is 2.36. The third-order valence-electron chi connectivity index (χ3n) is 4.39. The van der Waals surface area contributed by atoms with Crippen LogP contribution in [0.4, 0.5) is 0 Å². The molecule has 0 radical (unpaired) electrons. The van der Waals surface area contributed by atoms with E-state index in [1.165, 1.54) is 6.42 Å². The van der Waals surface area contributed by atoms with E-state index < -0.39 is 0 Å². The maximum absolute atomic E-state index is 11.6. The number of carbonyl (C=O) groups excluding carboxylic acids is 1. The minimum absolute atomic E-state index is 0.0980. The van der Waals surface area contributed by atoms with Crippen LogP contribution in [0.3, 0.4) is 0 Å². The Morgan fingerprint density at radius 1 is 1.10 bits per heavy atom. The lowest BCUT2D eigenvalue weighted by molar-refractivity contribution is -0.146. The summed E-state index contributed by atoms with van der Waals surface area (Å²) in [6, 6.07) is 0. The maximum Gasteiger partial charge on any atom is 0.333 e. The van der Waals surface area contributed by atoms with E-state index in [1.807, 2.05) is 0 Å². The van der Waals surface area contributed by atoms with Crippen LogP contribution in [0, 0.1) is 16.7 Å². The lowest BCUT2D eigenvalue weighted by atomic mass is 9.64. The third kappa shape index (κ3) is 5.30. The second kappa shape index (κ2) is 6.32. The van der Waals surface area contributed by atoms with Gasteiger partial charge in [-0.25, -0.2) is 4.79 Å². The first-order chi connectivity index (χ1) is 9.01. The molecule has 0 N–H and O–H groups in total. The van der Waals surface area contributed by atoms with Gasteiger partial charge in [-0.3, -0.25) is 0 Å². The second-order valence-corrected chi connectivity index (χ2v) is 8.39. The molecule has 0 amide bonds. The molecule has 2 heteroatoms. The molecule has 2 nitrogen and oxygen atoms in total. The van der Waals surface area contributed by atoms with Crippen LogP contribution in [0.1, 0.15) is 73.6 Å². The molecule has 0 saturated heterocycles. The number of carbonyl (C=O) groups is 1. The molecule has 0 aromatic rings. The van der Waals surface area contributed by atoms with Gasteiger partial charge in [0.05, 0.1) is 0 Å². The van der Waals surface area contributed by atoms with Crippen molar-refractivity contribution in [2.24, 2.45) is 16.7 Å². The molecule has 1 saturated carbocycles. The van der Waals surface area contributed by atoms with Crippen LogP contribution in [0.2, 0.25) is 0 Å². The Kier molecular flexibility index (Phi) is 5.46. The number of esters is 1. The predicted octanol–water partition coefficient (Wildman–Crippen LogP) is 5.13. The van der Waals surface area contributed by atoms with Gasteiger partial charge in [-0.15, -0.1) is 0 Å². The van der Waals surface area contributed by atoms with Gasteiger partial charge in [0.1, 0.15) is 6.10 Å². The summed E-state index contributed by atoms with van der Waals surface area (Å²) in [6.45, 7) is 17.1. The van der Waals surface area contributed by atoms with Gasteiger partial charge < -0.3 is 4.74 Å². The molecule has 0 unspecified atom stereocenters. The molecular formula is C18H32O2. The zero-order valence-electron chi connectivity index (χ0n) is 14.2. The van der Waals surface area contributed by atoms with E-state index in [-0.39, 0.29) is 12.1 Å². The van der Waals surface area contributed by atoms with Gasteiger partial charge in [0.15, 0.2) is 0 Å². The van der Waals surface area contributed by atoms with Crippen molar-refractivity contribution in [3.63, 3.8) is 0 Å². The molecule has 1 rings (SSSR count). The van der Waals surface area contributed by atoms with Crippen molar-refractivity contribution >= 4 is 5.97 Å². The van der Waals surface area contributed by atoms with Gasteiger partial charge in [-0.2, -0.15) is 0 Å². The van der Waals surface area contributed by atoms with E-state index in [2.05, 4.69) is 41.2 Å². The van der Waals surface area contributed by atoms with Gasteiger partial charge in [0, 0.05) is 5.57 Å². The Bertz CT molecular complexity index is 352. The fourth-order valence-electron chi connectivity index (χ4n) is 3.73. The Hall–Kier alpha value is -0.790. The fourth-order valence-corrected chi connectivity index (χ4v) is 3.73. The van der Waals surface area contributed by atoms with Gasteiger partial charge in [0.25, 0.3) is 0 Å². The van der Waals surface area contributed by atoms with Crippen LogP contribution in [0.25, 0.3) is 0 Å². The first-order valence-corrected chi connectivity index (χ1v) is 7.88. The van der Waals surface area contributed by atoms with Gasteiger partial charge in [-0.05, 0) is 55.8 Å². The molecule has 0 atom stereocenters. The Morgan fingerprint density at radius 2 is 1.60 bits per heavy atom. The quantitative estimate of drug-likeness (QED) is 0.527. The smallest absolute Gasteiger partial charge is 0.333 e. The zero-order valence-corrected chi connectivity index (χ0v) is 14.2. The molecule has 0 aromatic heterocycles. The van der Waals surface area contributed by atoms with Crippen LogP contribution in [0.15, 0.2) is 12.2 Å². The summed E-state index contributed by atoms with van der Waals surface area (Å²) in [4.78, 5) is 11.6. The van der Waals surface area contributed by atoms with Crippen molar-refractivity contribution < 1.29 is 9.53 Å². The molecule has 20 heavy (non-hydrogen) atoms. The zero-order chi connectivity index (χ0) is 15.6. The minimum atomic E-state index is -0.234. The summed E-state index contributed by atoms with van der Waals surface area (Å²) in [5, 5.41) is 0. The topological polar surface area (TPSA) is 26.3 Å². The van der Waals surface area contributed by atoms with Crippen LogP contribution in [-0.2, 0) is 9.53 Å². The lowest BCUT2D eigenvalue weighted by Gasteiger charge is -2.42. The van der Waals surface area contributed by atoms with E-state index >= 15 is 0 Å². The average Bonchev–Trinajstić information content (AvgIpc) is 2.26. The molecule has 0 aromatic carbocycles. The van der Waals surface area contributed by atoms with Crippen molar-refractivity contribution in [1.82, 2.24) is 0 Å². The standard InChI is InChI=1S/C18H32O2/c1-13(2)16(19)20-15-10-8-14(9-11-15)18(6,7)12-17(3,4)5/h14-15H,1,8-12H2,2-7H3. The average molecular weight is 280 g/mol. The number of hydrogen-bond donors (Lipinski definition) is 0. The highest BCUT2D eigenvalue weighted by atomic mass is 16.5. The van der Waals surface area contributed by atoms with Crippen molar-refractivity contribution in [1.29, 1.82) is 0 Å². The summed E-state index contributed by atoms with van der Waals surface area (Å²) < 4.78 is 5.48. The summed E-state index contributed by atoms with van der Waals surface area (Å²) >= 11 is 0. The molecule has 1 aliphatic rings. The van der Waals surface area contributed by atoms with Crippen molar-refractivity contribution in [2.45, 2.75) is 79.8 Å². The summed E-state index contributed by atoms with van der Waals surface area (Å²) in [7, 11) is 0. The molecule has 116 valence electrons.